The third kappa shape index (κ3) is 5.38. The number of carbonyl (C=O) groups is 2. The molecule has 0 bridgehead atoms. The summed E-state index contributed by atoms with van der Waals surface area (Å²) < 4.78 is 6.10. The van der Waals surface area contributed by atoms with E-state index in [4.69, 9.17) is 4.74 Å². The van der Waals surface area contributed by atoms with E-state index in [0.29, 0.717) is 16.9 Å². The van der Waals surface area contributed by atoms with Crippen molar-refractivity contribution in [2.75, 3.05) is 0 Å². The summed E-state index contributed by atoms with van der Waals surface area (Å²) in [6.07, 6.45) is 0. The molecule has 1 unspecified atom stereocenters. The van der Waals surface area contributed by atoms with E-state index < -0.39 is 34.0 Å². The number of likely N-dealkylation sites (tertiary alicyclic amines) is 1. The molecule has 1 atom stereocenters. The minimum absolute atomic E-state index is 0.0567. The van der Waals surface area contributed by atoms with Crippen molar-refractivity contribution in [3.63, 3.8) is 0 Å². The zero-order chi connectivity index (χ0) is 26.9. The van der Waals surface area contributed by atoms with Gasteiger partial charge in [0.2, 0.25) is 0 Å². The Morgan fingerprint density at radius 1 is 1.03 bits per heavy atom. The number of ether oxygens (including phenoxy) is 1. The fourth-order valence-electron chi connectivity index (χ4n) is 4.40. The van der Waals surface area contributed by atoms with Gasteiger partial charge in [-0.05, 0) is 39.3 Å². The summed E-state index contributed by atoms with van der Waals surface area (Å²) in [4.78, 5) is 38.8. The molecule has 1 N–H and O–H groups in total. The van der Waals surface area contributed by atoms with Gasteiger partial charge < -0.3 is 14.7 Å². The summed E-state index contributed by atoms with van der Waals surface area (Å²) in [7, 11) is 0. The zero-order valence-corrected chi connectivity index (χ0v) is 21.1. The molecule has 190 valence electrons. The maximum atomic E-state index is 13.4. The number of benzene rings is 3. The van der Waals surface area contributed by atoms with Crippen LogP contribution in [0.1, 0.15) is 49.1 Å². The molecule has 0 saturated carbocycles. The average molecular weight is 501 g/mol. The lowest BCUT2D eigenvalue weighted by molar-refractivity contribution is -0.384. The first-order valence-corrected chi connectivity index (χ1v) is 11.8. The predicted octanol–water partition coefficient (Wildman–Crippen LogP) is 5.70. The van der Waals surface area contributed by atoms with Crippen molar-refractivity contribution in [2.45, 2.75) is 45.9 Å². The zero-order valence-electron chi connectivity index (χ0n) is 21.1. The molecule has 1 amide bonds. The van der Waals surface area contributed by atoms with Crippen LogP contribution in [0.5, 0.6) is 5.75 Å². The summed E-state index contributed by atoms with van der Waals surface area (Å²) in [5, 5.41) is 22.5. The molecule has 0 spiro atoms. The van der Waals surface area contributed by atoms with E-state index in [0.717, 1.165) is 5.56 Å². The molecule has 1 heterocycles. The summed E-state index contributed by atoms with van der Waals surface area (Å²) in [6.45, 7) is 7.70. The van der Waals surface area contributed by atoms with Crippen LogP contribution in [0.4, 0.5) is 5.69 Å². The largest absolute Gasteiger partial charge is 0.507 e. The second-order valence-corrected chi connectivity index (χ2v) is 9.97. The number of carbonyl (C=O) groups excluding carboxylic acids is 2. The molecule has 1 saturated heterocycles. The highest BCUT2D eigenvalue weighted by Crippen LogP contribution is 2.41. The highest BCUT2D eigenvalue weighted by molar-refractivity contribution is 6.46. The first-order chi connectivity index (χ1) is 17.5. The van der Waals surface area contributed by atoms with E-state index >= 15 is 0 Å². The number of hydrogen-bond donors (Lipinski definition) is 1. The van der Waals surface area contributed by atoms with Gasteiger partial charge in [0.25, 0.3) is 17.4 Å². The number of rotatable bonds is 6. The topological polar surface area (TPSA) is 110 Å². The van der Waals surface area contributed by atoms with Crippen LogP contribution in [-0.4, -0.2) is 32.2 Å². The number of aryl methyl sites for hydroxylation is 1. The van der Waals surface area contributed by atoms with Crippen LogP contribution in [0.2, 0.25) is 0 Å². The van der Waals surface area contributed by atoms with Gasteiger partial charge in [-0.25, -0.2) is 0 Å². The second-order valence-electron chi connectivity index (χ2n) is 9.97. The van der Waals surface area contributed by atoms with Crippen molar-refractivity contribution in [3.05, 3.63) is 111 Å². The fourth-order valence-corrected chi connectivity index (χ4v) is 4.40. The Balaban J connectivity index is 1.87. The minimum atomic E-state index is -0.901. The van der Waals surface area contributed by atoms with Crippen molar-refractivity contribution < 1.29 is 24.4 Å². The Morgan fingerprint density at radius 3 is 2.41 bits per heavy atom. The summed E-state index contributed by atoms with van der Waals surface area (Å²) in [5.41, 5.74) is 1.50. The Kier molecular flexibility index (Phi) is 6.85. The highest BCUT2D eigenvalue weighted by atomic mass is 16.6. The fraction of sp³-hybridized carbons (Fsp3) is 0.241. The van der Waals surface area contributed by atoms with Crippen LogP contribution in [0, 0.1) is 17.0 Å². The number of aliphatic hydroxyl groups excluding tert-OH is 1. The third-order valence-electron chi connectivity index (χ3n) is 5.96. The Morgan fingerprint density at radius 2 is 1.73 bits per heavy atom. The van der Waals surface area contributed by atoms with E-state index in [2.05, 4.69) is 0 Å². The number of non-ortho nitro benzene ring substituents is 1. The number of hydrogen-bond acceptors (Lipinski definition) is 6. The first kappa shape index (κ1) is 25.6. The van der Waals surface area contributed by atoms with E-state index in [-0.39, 0.29) is 23.4 Å². The van der Waals surface area contributed by atoms with E-state index in [9.17, 15) is 24.8 Å². The number of Topliss-reactive ketones (excluding diaryl/α,β-unsaturated/α-hetero) is 1. The monoisotopic (exact) mass is 500 g/mol. The molecule has 3 aromatic rings. The molecule has 0 aliphatic carbocycles. The lowest BCUT2D eigenvalue weighted by Gasteiger charge is -2.28. The molecule has 3 aromatic carbocycles. The van der Waals surface area contributed by atoms with Crippen molar-refractivity contribution in [2.24, 2.45) is 0 Å². The highest BCUT2D eigenvalue weighted by Gasteiger charge is 2.46. The number of nitro benzene ring substituents is 1. The molecule has 4 rings (SSSR count). The van der Waals surface area contributed by atoms with Gasteiger partial charge >= 0.3 is 0 Å². The van der Waals surface area contributed by atoms with Crippen molar-refractivity contribution in [1.29, 1.82) is 0 Å². The number of nitro groups is 1. The Bertz CT molecular complexity index is 1420. The van der Waals surface area contributed by atoms with Crippen LogP contribution >= 0.6 is 0 Å². The Labute approximate surface area is 215 Å². The van der Waals surface area contributed by atoms with Crippen LogP contribution < -0.4 is 4.74 Å². The predicted molar refractivity (Wildman–Crippen MR) is 139 cm³/mol. The maximum absolute atomic E-state index is 13.4. The molecule has 8 heteroatoms. The lowest BCUT2D eigenvalue weighted by atomic mass is 9.94. The van der Waals surface area contributed by atoms with E-state index in [1.54, 1.807) is 6.07 Å². The van der Waals surface area contributed by atoms with Gasteiger partial charge in [0, 0.05) is 23.3 Å². The lowest BCUT2D eigenvalue weighted by Crippen LogP contribution is -2.30. The van der Waals surface area contributed by atoms with E-state index in [1.807, 2.05) is 70.2 Å². The van der Waals surface area contributed by atoms with Crippen LogP contribution in [0.3, 0.4) is 0 Å². The quantitative estimate of drug-likeness (QED) is 0.153. The standard InChI is InChI=1S/C29H28N2O6/c1-18-9-7-11-19(15-18)25-24(26(32)20-12-8-13-22(16-20)31(35)36)27(33)28(34)30(25)17-21-10-5-6-14-23(21)37-29(2,3)4/h5-16,25,32H,17H2,1-4H3/b26-24-. The summed E-state index contributed by atoms with van der Waals surface area (Å²) in [6, 6.07) is 19.1. The van der Waals surface area contributed by atoms with Gasteiger partial charge in [0.05, 0.1) is 23.1 Å². The molecule has 37 heavy (non-hydrogen) atoms. The molecular formula is C29H28N2O6. The molecular weight excluding hydrogens is 472 g/mol. The molecule has 1 aliphatic rings. The number of nitrogens with zero attached hydrogens (tertiary/aromatic N) is 2. The molecule has 0 radical (unpaired) electrons. The molecule has 1 fully saturated rings. The van der Waals surface area contributed by atoms with Gasteiger partial charge in [-0.3, -0.25) is 19.7 Å². The van der Waals surface area contributed by atoms with Gasteiger partial charge in [-0.2, -0.15) is 0 Å². The minimum Gasteiger partial charge on any atom is -0.507 e. The van der Waals surface area contributed by atoms with Gasteiger partial charge in [-0.15, -0.1) is 0 Å². The third-order valence-corrected chi connectivity index (χ3v) is 5.96. The Hall–Kier alpha value is -4.46. The van der Waals surface area contributed by atoms with Gasteiger partial charge in [-0.1, -0.05) is 60.2 Å². The molecule has 0 aromatic heterocycles. The van der Waals surface area contributed by atoms with Crippen molar-refractivity contribution >= 4 is 23.1 Å². The van der Waals surface area contributed by atoms with Crippen molar-refractivity contribution in [1.82, 2.24) is 4.90 Å². The average Bonchev–Trinajstić information content (AvgIpc) is 3.09. The smallest absolute Gasteiger partial charge is 0.295 e. The molecule has 8 nitrogen and oxygen atoms in total. The number of ketones is 1. The van der Waals surface area contributed by atoms with Gasteiger partial charge in [0.1, 0.15) is 17.1 Å². The van der Waals surface area contributed by atoms with Crippen LogP contribution in [0.25, 0.3) is 5.76 Å². The van der Waals surface area contributed by atoms with Gasteiger partial charge in [0.15, 0.2) is 0 Å². The molecule has 1 aliphatic heterocycles. The first-order valence-electron chi connectivity index (χ1n) is 11.8. The number of para-hydroxylation sites is 1. The van der Waals surface area contributed by atoms with Crippen LogP contribution in [-0.2, 0) is 16.1 Å². The maximum Gasteiger partial charge on any atom is 0.295 e. The van der Waals surface area contributed by atoms with Crippen LogP contribution in [0.15, 0.2) is 78.4 Å². The van der Waals surface area contributed by atoms with Crippen molar-refractivity contribution in [3.8, 4) is 5.75 Å². The summed E-state index contributed by atoms with van der Waals surface area (Å²) in [5.74, 6) is -1.51. The summed E-state index contributed by atoms with van der Waals surface area (Å²) >= 11 is 0. The number of aliphatic hydroxyl groups is 1. The van der Waals surface area contributed by atoms with E-state index in [1.165, 1.54) is 29.2 Å². The SMILES string of the molecule is Cc1cccc(C2/C(=C(/O)c3cccc([N+](=O)[O-])c3)C(=O)C(=O)N2Cc2ccccc2OC(C)(C)C)c1. The second kappa shape index (κ2) is 9.89. The normalized spacial score (nSPS) is 17.2. The number of amides is 1.